The molecule has 0 bridgehead atoms. The molecule has 5 nitrogen and oxygen atoms in total. The van der Waals surface area contributed by atoms with Gasteiger partial charge in [0.15, 0.2) is 21.4 Å². The lowest BCUT2D eigenvalue weighted by Crippen LogP contribution is -2.57. The second kappa shape index (κ2) is 6.94. The molecule has 1 aliphatic heterocycles. The van der Waals surface area contributed by atoms with Crippen LogP contribution in [0.3, 0.4) is 0 Å². The Hall–Kier alpha value is -2.21. The molecule has 0 unspecified atom stereocenters. The van der Waals surface area contributed by atoms with E-state index in [1.807, 2.05) is 6.07 Å². The summed E-state index contributed by atoms with van der Waals surface area (Å²) >= 11 is 5.87. The number of nitriles is 1. The minimum Gasteiger partial charge on any atom is -0.490 e. The number of benzene rings is 2. The van der Waals surface area contributed by atoms with Gasteiger partial charge in [-0.3, -0.25) is 0 Å². The monoisotopic (exact) mass is 439 g/mol. The summed E-state index contributed by atoms with van der Waals surface area (Å²) in [6.07, 6.45) is -1.34. The van der Waals surface area contributed by atoms with E-state index in [4.69, 9.17) is 16.3 Å². The number of aliphatic hydroxyl groups excluding tert-OH is 1. The Morgan fingerprint density at radius 2 is 1.83 bits per heavy atom. The van der Waals surface area contributed by atoms with Crippen molar-refractivity contribution in [1.29, 1.82) is 5.26 Å². The largest absolute Gasteiger partial charge is 0.490 e. The molecule has 152 valence electrons. The molecule has 1 fully saturated rings. The summed E-state index contributed by atoms with van der Waals surface area (Å²) in [5.74, 6) is -4.49. The number of halogens is 3. The Kier molecular flexibility index (Phi) is 4.80. The summed E-state index contributed by atoms with van der Waals surface area (Å²) in [5, 5.41) is 20.2. The molecule has 0 aromatic heterocycles. The predicted molar refractivity (Wildman–Crippen MR) is 100 cm³/mol. The second-order valence-corrected chi connectivity index (χ2v) is 9.90. The van der Waals surface area contributed by atoms with Crippen LogP contribution in [0.4, 0.5) is 8.78 Å². The molecular formula is C20H16ClF2NO4S. The van der Waals surface area contributed by atoms with Gasteiger partial charge in [-0.2, -0.15) is 5.26 Å². The Morgan fingerprint density at radius 3 is 2.48 bits per heavy atom. The smallest absolute Gasteiger partial charge is 0.188 e. The van der Waals surface area contributed by atoms with Crippen molar-refractivity contribution in [1.82, 2.24) is 0 Å². The Morgan fingerprint density at radius 1 is 1.17 bits per heavy atom. The van der Waals surface area contributed by atoms with Crippen LogP contribution in [0.15, 0.2) is 41.3 Å². The van der Waals surface area contributed by atoms with E-state index in [0.717, 1.165) is 12.1 Å². The van der Waals surface area contributed by atoms with Crippen LogP contribution < -0.4 is 4.74 Å². The molecule has 0 radical (unpaired) electrons. The molecule has 2 aromatic rings. The van der Waals surface area contributed by atoms with Gasteiger partial charge in [0.25, 0.3) is 0 Å². The van der Waals surface area contributed by atoms with Crippen LogP contribution in [-0.4, -0.2) is 26.2 Å². The maximum absolute atomic E-state index is 15.0. The van der Waals surface area contributed by atoms with Crippen LogP contribution in [0.5, 0.6) is 5.75 Å². The third kappa shape index (κ3) is 2.75. The molecule has 1 N–H and O–H groups in total. The average Bonchev–Trinajstić information content (AvgIpc) is 2.70. The van der Waals surface area contributed by atoms with E-state index in [2.05, 4.69) is 0 Å². The van der Waals surface area contributed by atoms with Gasteiger partial charge >= 0.3 is 0 Å². The molecule has 0 spiro atoms. The molecule has 2 aromatic carbocycles. The van der Waals surface area contributed by atoms with Crippen LogP contribution >= 0.6 is 11.6 Å². The summed E-state index contributed by atoms with van der Waals surface area (Å²) < 4.78 is 60.7. The summed E-state index contributed by atoms with van der Waals surface area (Å²) in [7, 11) is -4.33. The number of rotatable bonds is 2. The normalized spacial score (nSPS) is 28.6. The molecular weight excluding hydrogens is 424 g/mol. The number of ether oxygens (including phenoxy) is 1. The SMILES string of the molecule is N#C[C@@H]1[C@H](O)CC[C@@]2(S(=O)(=O)c3ccc(Cl)cc3)c3c(F)ccc(F)c3OC[C@@H]12. The molecule has 4 atom stereocenters. The molecule has 4 rings (SSSR count). The number of hydrogen-bond acceptors (Lipinski definition) is 5. The fraction of sp³-hybridized carbons (Fsp3) is 0.350. The molecule has 1 heterocycles. The Balaban J connectivity index is 2.06. The molecule has 1 saturated carbocycles. The van der Waals surface area contributed by atoms with E-state index in [1.54, 1.807) is 0 Å². The van der Waals surface area contributed by atoms with Gasteiger partial charge in [0.2, 0.25) is 0 Å². The molecule has 2 aliphatic rings. The van der Waals surface area contributed by atoms with E-state index >= 15 is 4.39 Å². The van der Waals surface area contributed by atoms with Crippen LogP contribution in [0.25, 0.3) is 0 Å². The third-order valence-corrected chi connectivity index (χ3v) is 8.72. The lowest BCUT2D eigenvalue weighted by Gasteiger charge is -2.50. The van der Waals surface area contributed by atoms with E-state index in [1.165, 1.54) is 24.3 Å². The fourth-order valence-corrected chi connectivity index (χ4v) is 7.04. The number of sulfone groups is 1. The van der Waals surface area contributed by atoms with E-state index < -0.39 is 55.5 Å². The van der Waals surface area contributed by atoms with Gasteiger partial charge in [-0.05, 0) is 49.2 Å². The maximum Gasteiger partial charge on any atom is 0.188 e. The fourth-order valence-electron chi connectivity index (χ4n) is 4.54. The lowest BCUT2D eigenvalue weighted by molar-refractivity contribution is 0.00443. The van der Waals surface area contributed by atoms with Gasteiger partial charge in [0.05, 0.1) is 35.2 Å². The summed E-state index contributed by atoms with van der Waals surface area (Å²) in [4.78, 5) is -0.128. The zero-order valence-corrected chi connectivity index (χ0v) is 16.6. The van der Waals surface area contributed by atoms with Gasteiger partial charge in [0.1, 0.15) is 10.6 Å². The Bertz CT molecular complexity index is 1120. The molecule has 29 heavy (non-hydrogen) atoms. The second-order valence-electron chi connectivity index (χ2n) is 7.26. The number of hydrogen-bond donors (Lipinski definition) is 1. The highest BCUT2D eigenvalue weighted by atomic mass is 35.5. The summed E-state index contributed by atoms with van der Waals surface area (Å²) in [6.45, 7) is -0.338. The van der Waals surface area contributed by atoms with Crippen molar-refractivity contribution < 1.29 is 27.0 Å². The maximum atomic E-state index is 15.0. The summed E-state index contributed by atoms with van der Waals surface area (Å²) in [6, 6.07) is 9.04. The summed E-state index contributed by atoms with van der Waals surface area (Å²) in [5.41, 5.74) is -0.421. The van der Waals surface area contributed by atoms with Crippen LogP contribution in [0.2, 0.25) is 5.02 Å². The van der Waals surface area contributed by atoms with Crippen molar-refractivity contribution >= 4 is 21.4 Å². The first kappa shape index (κ1) is 20.1. The first-order valence-electron chi connectivity index (χ1n) is 8.93. The quantitative estimate of drug-likeness (QED) is 0.772. The Labute approximate surface area is 171 Å². The topological polar surface area (TPSA) is 87.4 Å². The number of fused-ring (bicyclic) bond motifs is 3. The van der Waals surface area contributed by atoms with Crippen molar-refractivity contribution in [2.75, 3.05) is 6.61 Å². The van der Waals surface area contributed by atoms with E-state index in [0.29, 0.717) is 5.02 Å². The zero-order valence-electron chi connectivity index (χ0n) is 15.0. The van der Waals surface area contributed by atoms with Crippen molar-refractivity contribution in [2.45, 2.75) is 28.6 Å². The van der Waals surface area contributed by atoms with Gasteiger partial charge in [-0.1, -0.05) is 11.6 Å². The number of nitrogens with zero attached hydrogens (tertiary/aromatic N) is 1. The van der Waals surface area contributed by atoms with E-state index in [9.17, 15) is 23.2 Å². The third-order valence-electron chi connectivity index (χ3n) is 5.90. The van der Waals surface area contributed by atoms with Crippen molar-refractivity contribution in [3.63, 3.8) is 0 Å². The van der Waals surface area contributed by atoms with Gasteiger partial charge in [0, 0.05) is 10.9 Å². The number of aliphatic hydroxyl groups is 1. The minimum absolute atomic E-state index is 0.0586. The minimum atomic E-state index is -4.33. The highest BCUT2D eigenvalue weighted by Gasteiger charge is 2.62. The molecule has 1 aliphatic carbocycles. The van der Waals surface area contributed by atoms with Crippen molar-refractivity contribution in [3.8, 4) is 11.8 Å². The molecule has 0 amide bonds. The first-order valence-corrected chi connectivity index (χ1v) is 10.8. The highest BCUT2D eigenvalue weighted by molar-refractivity contribution is 7.92. The van der Waals surface area contributed by atoms with Crippen LogP contribution in [0.1, 0.15) is 18.4 Å². The molecule has 0 saturated heterocycles. The van der Waals surface area contributed by atoms with Crippen molar-refractivity contribution in [3.05, 3.63) is 58.6 Å². The van der Waals surface area contributed by atoms with Crippen molar-refractivity contribution in [2.24, 2.45) is 11.8 Å². The highest BCUT2D eigenvalue weighted by Crippen LogP contribution is 2.57. The zero-order chi connectivity index (χ0) is 21.0. The predicted octanol–water partition coefficient (Wildman–Crippen LogP) is 3.59. The van der Waals surface area contributed by atoms with Crippen LogP contribution in [-0.2, 0) is 14.6 Å². The van der Waals surface area contributed by atoms with E-state index in [-0.39, 0.29) is 24.3 Å². The average molecular weight is 440 g/mol. The van der Waals surface area contributed by atoms with Gasteiger partial charge < -0.3 is 9.84 Å². The van der Waals surface area contributed by atoms with Gasteiger partial charge in [-0.25, -0.2) is 17.2 Å². The standard InChI is InChI=1S/C20H16ClF2NO4S/c21-11-1-3-12(4-2-11)29(26,27)20-8-7-17(25)13(9-24)14(20)10-28-19-16(23)6-5-15(22)18(19)20/h1-6,13-14,17,25H,7-8,10H2/t13-,14-,17+,20-/m0/s1. The van der Waals surface area contributed by atoms with Crippen LogP contribution in [0, 0.1) is 34.8 Å². The molecule has 9 heteroatoms. The lowest BCUT2D eigenvalue weighted by atomic mass is 9.66. The van der Waals surface area contributed by atoms with Gasteiger partial charge in [-0.15, -0.1) is 0 Å². The first-order chi connectivity index (χ1) is 13.7.